The maximum absolute atomic E-state index is 12.4. The third-order valence-corrected chi connectivity index (χ3v) is 3.63. The number of rotatable bonds is 3. The lowest BCUT2D eigenvalue weighted by molar-refractivity contribution is -0.146. The van der Waals surface area contributed by atoms with Crippen molar-refractivity contribution >= 4 is 11.9 Å². The van der Waals surface area contributed by atoms with Crippen molar-refractivity contribution in [3.8, 4) is 5.75 Å². The van der Waals surface area contributed by atoms with Crippen molar-refractivity contribution in [3.05, 3.63) is 29.8 Å². The smallest absolute Gasteiger partial charge is 0.308 e. The first-order valence-corrected chi connectivity index (χ1v) is 6.67. The van der Waals surface area contributed by atoms with Crippen molar-refractivity contribution in [2.45, 2.75) is 12.8 Å². The van der Waals surface area contributed by atoms with E-state index in [0.29, 0.717) is 37.2 Å². The molecule has 5 nitrogen and oxygen atoms in total. The third-order valence-electron chi connectivity index (χ3n) is 3.63. The molecule has 1 aromatic carbocycles. The number of amides is 1. The molecule has 20 heavy (non-hydrogen) atoms. The molecule has 1 amide bonds. The molecule has 0 unspecified atom stereocenters. The first-order chi connectivity index (χ1) is 9.65. The molecule has 0 saturated carbocycles. The fraction of sp³-hybridized carbons (Fsp3) is 0.467. The number of piperidine rings is 1. The van der Waals surface area contributed by atoms with Gasteiger partial charge < -0.3 is 14.4 Å². The van der Waals surface area contributed by atoms with E-state index in [1.54, 1.807) is 36.3 Å². The molecule has 0 N–H and O–H groups in total. The lowest BCUT2D eigenvalue weighted by Crippen LogP contribution is -2.40. The highest BCUT2D eigenvalue weighted by molar-refractivity contribution is 5.94. The van der Waals surface area contributed by atoms with Gasteiger partial charge in [0.05, 0.1) is 20.1 Å². The van der Waals surface area contributed by atoms with E-state index in [1.165, 1.54) is 7.11 Å². The van der Waals surface area contributed by atoms with Gasteiger partial charge in [-0.1, -0.05) is 6.07 Å². The number of hydrogen-bond donors (Lipinski definition) is 0. The van der Waals surface area contributed by atoms with E-state index in [1.807, 2.05) is 0 Å². The van der Waals surface area contributed by atoms with E-state index < -0.39 is 0 Å². The SMILES string of the molecule is COC(=O)C1CCN(C(=O)c2cccc(OC)c2)CC1. The first-order valence-electron chi connectivity index (χ1n) is 6.67. The zero-order valence-corrected chi connectivity index (χ0v) is 11.8. The number of esters is 1. The summed E-state index contributed by atoms with van der Waals surface area (Å²) in [6, 6.07) is 7.11. The molecule has 0 bridgehead atoms. The predicted molar refractivity (Wildman–Crippen MR) is 73.6 cm³/mol. The van der Waals surface area contributed by atoms with E-state index in [2.05, 4.69) is 0 Å². The summed E-state index contributed by atoms with van der Waals surface area (Å²) in [6.07, 6.45) is 1.31. The molecule has 108 valence electrons. The van der Waals surface area contributed by atoms with Crippen LogP contribution in [-0.4, -0.2) is 44.1 Å². The Kier molecular flexibility index (Phi) is 4.61. The van der Waals surface area contributed by atoms with Crippen LogP contribution in [0.4, 0.5) is 0 Å². The molecule has 1 aromatic rings. The number of benzene rings is 1. The molecule has 1 aliphatic rings. The summed E-state index contributed by atoms with van der Waals surface area (Å²) >= 11 is 0. The highest BCUT2D eigenvalue weighted by atomic mass is 16.5. The molecule has 1 saturated heterocycles. The summed E-state index contributed by atoms with van der Waals surface area (Å²) in [4.78, 5) is 25.6. The maximum atomic E-state index is 12.4. The minimum atomic E-state index is -0.182. The number of carbonyl (C=O) groups excluding carboxylic acids is 2. The summed E-state index contributed by atoms with van der Waals surface area (Å²) in [5.41, 5.74) is 0.612. The molecule has 1 heterocycles. The number of methoxy groups -OCH3 is 2. The van der Waals surface area contributed by atoms with Crippen molar-refractivity contribution in [1.29, 1.82) is 0 Å². The van der Waals surface area contributed by atoms with Gasteiger partial charge in [-0.15, -0.1) is 0 Å². The van der Waals surface area contributed by atoms with Crippen molar-refractivity contribution < 1.29 is 19.1 Å². The van der Waals surface area contributed by atoms with E-state index >= 15 is 0 Å². The minimum absolute atomic E-state index is 0.0211. The Hall–Kier alpha value is -2.04. The molecule has 0 spiro atoms. The third kappa shape index (κ3) is 3.10. The quantitative estimate of drug-likeness (QED) is 0.789. The van der Waals surface area contributed by atoms with Gasteiger partial charge in [-0.25, -0.2) is 0 Å². The Morgan fingerprint density at radius 1 is 1.20 bits per heavy atom. The molecule has 0 atom stereocenters. The predicted octanol–water partition coefficient (Wildman–Crippen LogP) is 1.72. The van der Waals surface area contributed by atoms with Gasteiger partial charge in [-0.3, -0.25) is 9.59 Å². The highest BCUT2D eigenvalue weighted by Gasteiger charge is 2.28. The zero-order valence-electron chi connectivity index (χ0n) is 11.8. The fourth-order valence-corrected chi connectivity index (χ4v) is 2.42. The van der Waals surface area contributed by atoms with Gasteiger partial charge in [0, 0.05) is 18.7 Å². The Morgan fingerprint density at radius 3 is 2.50 bits per heavy atom. The lowest BCUT2D eigenvalue weighted by atomic mass is 9.96. The van der Waals surface area contributed by atoms with Gasteiger partial charge in [-0.2, -0.15) is 0 Å². The Morgan fingerprint density at radius 2 is 1.90 bits per heavy atom. The monoisotopic (exact) mass is 277 g/mol. The topological polar surface area (TPSA) is 55.8 Å². The number of carbonyl (C=O) groups is 2. The second-order valence-electron chi connectivity index (χ2n) is 4.82. The molecule has 0 radical (unpaired) electrons. The van der Waals surface area contributed by atoms with Gasteiger partial charge in [0.15, 0.2) is 0 Å². The van der Waals surface area contributed by atoms with E-state index in [0.717, 1.165) is 0 Å². The van der Waals surface area contributed by atoms with E-state index in [9.17, 15) is 9.59 Å². The second kappa shape index (κ2) is 6.41. The van der Waals surface area contributed by atoms with Crippen LogP contribution < -0.4 is 4.74 Å². The van der Waals surface area contributed by atoms with Gasteiger partial charge in [0.2, 0.25) is 0 Å². The largest absolute Gasteiger partial charge is 0.497 e. The molecule has 2 rings (SSSR count). The van der Waals surface area contributed by atoms with Crippen LogP contribution in [0.5, 0.6) is 5.75 Å². The van der Waals surface area contributed by atoms with Crippen LogP contribution in [0.2, 0.25) is 0 Å². The van der Waals surface area contributed by atoms with Gasteiger partial charge in [0.1, 0.15) is 5.75 Å². The average molecular weight is 277 g/mol. The van der Waals surface area contributed by atoms with Crippen LogP contribution in [0.3, 0.4) is 0 Å². The number of likely N-dealkylation sites (tertiary alicyclic amines) is 1. The van der Waals surface area contributed by atoms with E-state index in [-0.39, 0.29) is 17.8 Å². The lowest BCUT2D eigenvalue weighted by Gasteiger charge is -2.30. The molecule has 0 aliphatic carbocycles. The van der Waals surface area contributed by atoms with Crippen molar-refractivity contribution in [2.75, 3.05) is 27.3 Å². The molecule has 5 heteroatoms. The first kappa shape index (κ1) is 14.4. The Balaban J connectivity index is 1.99. The van der Waals surface area contributed by atoms with Crippen LogP contribution in [0.1, 0.15) is 23.2 Å². The van der Waals surface area contributed by atoms with Crippen LogP contribution in [0.15, 0.2) is 24.3 Å². The van der Waals surface area contributed by atoms with Gasteiger partial charge in [0.25, 0.3) is 5.91 Å². The maximum Gasteiger partial charge on any atom is 0.308 e. The Labute approximate surface area is 118 Å². The van der Waals surface area contributed by atoms with Gasteiger partial charge >= 0.3 is 5.97 Å². The molecular formula is C15H19NO4. The number of nitrogens with zero attached hydrogens (tertiary/aromatic N) is 1. The summed E-state index contributed by atoms with van der Waals surface area (Å²) < 4.78 is 9.86. The zero-order chi connectivity index (χ0) is 14.5. The normalized spacial score (nSPS) is 15.8. The summed E-state index contributed by atoms with van der Waals surface area (Å²) in [6.45, 7) is 1.16. The molecule has 0 aromatic heterocycles. The van der Waals surface area contributed by atoms with Crippen LogP contribution in [-0.2, 0) is 9.53 Å². The average Bonchev–Trinajstić information content (AvgIpc) is 2.53. The number of hydrogen-bond acceptors (Lipinski definition) is 4. The van der Waals surface area contributed by atoms with Crippen molar-refractivity contribution in [1.82, 2.24) is 4.90 Å². The molecular weight excluding hydrogens is 258 g/mol. The summed E-state index contributed by atoms with van der Waals surface area (Å²) in [5, 5.41) is 0. The fourth-order valence-electron chi connectivity index (χ4n) is 2.42. The van der Waals surface area contributed by atoms with Crippen LogP contribution >= 0.6 is 0 Å². The van der Waals surface area contributed by atoms with E-state index in [4.69, 9.17) is 9.47 Å². The highest BCUT2D eigenvalue weighted by Crippen LogP contribution is 2.21. The standard InChI is InChI=1S/C15H19NO4/c1-19-13-5-3-4-12(10-13)14(17)16-8-6-11(7-9-16)15(18)20-2/h3-5,10-11H,6-9H2,1-2H3. The van der Waals surface area contributed by atoms with Crippen molar-refractivity contribution in [3.63, 3.8) is 0 Å². The second-order valence-corrected chi connectivity index (χ2v) is 4.82. The van der Waals surface area contributed by atoms with Crippen LogP contribution in [0.25, 0.3) is 0 Å². The number of ether oxygens (including phenoxy) is 2. The van der Waals surface area contributed by atoms with Crippen molar-refractivity contribution in [2.24, 2.45) is 5.92 Å². The summed E-state index contributed by atoms with van der Waals surface area (Å²) in [7, 11) is 2.97. The van der Waals surface area contributed by atoms with Gasteiger partial charge in [-0.05, 0) is 31.0 Å². The molecule has 1 aliphatic heterocycles. The summed E-state index contributed by atoms with van der Waals surface area (Å²) in [5.74, 6) is 0.375. The molecule has 1 fully saturated rings. The van der Waals surface area contributed by atoms with Crippen LogP contribution in [0, 0.1) is 5.92 Å². The Bertz CT molecular complexity index is 492. The minimum Gasteiger partial charge on any atom is -0.497 e.